The minimum Gasteiger partial charge on any atom is -0.309 e. The lowest BCUT2D eigenvalue weighted by Crippen LogP contribution is -1.77. The molecular weight excluding hydrogens is 170 g/mol. The maximum Gasteiger partial charge on any atom is 0.0177 e. The molecule has 14 heavy (non-hydrogen) atoms. The zero-order valence-electron chi connectivity index (χ0n) is 8.83. The van der Waals surface area contributed by atoms with Crippen molar-refractivity contribution in [1.29, 1.82) is 5.41 Å². The van der Waals surface area contributed by atoms with Gasteiger partial charge >= 0.3 is 0 Å². The van der Waals surface area contributed by atoms with Gasteiger partial charge < -0.3 is 5.41 Å². The average Bonchev–Trinajstić information content (AvgIpc) is 2.18. The van der Waals surface area contributed by atoms with E-state index >= 15 is 0 Å². The van der Waals surface area contributed by atoms with Gasteiger partial charge in [0.05, 0.1) is 0 Å². The van der Waals surface area contributed by atoms with E-state index in [4.69, 9.17) is 5.41 Å². The molecule has 0 heterocycles. The normalized spacial score (nSPS) is 13.9. The Balaban J connectivity index is 4.43. The zero-order chi connectivity index (χ0) is 10.8. The van der Waals surface area contributed by atoms with Crippen LogP contribution in [-0.4, -0.2) is 6.21 Å². The van der Waals surface area contributed by atoms with Gasteiger partial charge in [0.15, 0.2) is 0 Å². The zero-order valence-corrected chi connectivity index (χ0v) is 8.83. The van der Waals surface area contributed by atoms with Gasteiger partial charge in [0.2, 0.25) is 0 Å². The summed E-state index contributed by atoms with van der Waals surface area (Å²) in [6.07, 6.45) is 14.4. The highest BCUT2D eigenvalue weighted by molar-refractivity contribution is 5.68. The van der Waals surface area contributed by atoms with Gasteiger partial charge in [0.1, 0.15) is 0 Å². The van der Waals surface area contributed by atoms with Crippen molar-refractivity contribution >= 4 is 6.21 Å². The van der Waals surface area contributed by atoms with E-state index in [1.54, 1.807) is 12.2 Å². The SMILES string of the molecule is C=C\C=C/C=C(C)/C(C)=C/C=C\C=N. The van der Waals surface area contributed by atoms with Gasteiger partial charge in [-0.05, 0) is 31.1 Å². The minimum atomic E-state index is 1.19. The number of hydrogen-bond donors (Lipinski definition) is 1. The van der Waals surface area contributed by atoms with Gasteiger partial charge in [0, 0.05) is 6.21 Å². The lowest BCUT2D eigenvalue weighted by Gasteiger charge is -1.97. The van der Waals surface area contributed by atoms with Gasteiger partial charge in [-0.2, -0.15) is 0 Å². The lowest BCUT2D eigenvalue weighted by atomic mass is 10.1. The maximum absolute atomic E-state index is 6.81. The number of hydrogen-bond acceptors (Lipinski definition) is 1. The molecule has 0 radical (unpaired) electrons. The third-order valence-electron chi connectivity index (χ3n) is 1.77. The largest absolute Gasteiger partial charge is 0.309 e. The van der Waals surface area contributed by atoms with Crippen molar-refractivity contribution in [2.24, 2.45) is 0 Å². The van der Waals surface area contributed by atoms with Crippen molar-refractivity contribution in [3.05, 3.63) is 60.3 Å². The van der Waals surface area contributed by atoms with Crippen LogP contribution >= 0.6 is 0 Å². The molecule has 0 unspecified atom stereocenters. The first kappa shape index (κ1) is 12.4. The third-order valence-corrected chi connectivity index (χ3v) is 1.77. The smallest absolute Gasteiger partial charge is 0.0177 e. The molecule has 0 aliphatic heterocycles. The van der Waals surface area contributed by atoms with Crippen molar-refractivity contribution in [3.8, 4) is 0 Å². The van der Waals surface area contributed by atoms with Gasteiger partial charge in [0.25, 0.3) is 0 Å². The topological polar surface area (TPSA) is 23.9 Å². The first-order chi connectivity index (χ1) is 6.72. The van der Waals surface area contributed by atoms with Crippen molar-refractivity contribution in [1.82, 2.24) is 0 Å². The summed E-state index contributed by atoms with van der Waals surface area (Å²) in [5.41, 5.74) is 2.40. The van der Waals surface area contributed by atoms with Crippen LogP contribution in [-0.2, 0) is 0 Å². The monoisotopic (exact) mass is 187 g/mol. The Hall–Kier alpha value is -1.63. The van der Waals surface area contributed by atoms with Gasteiger partial charge in [-0.25, -0.2) is 0 Å². The Kier molecular flexibility index (Phi) is 7.06. The molecule has 0 atom stereocenters. The highest BCUT2D eigenvalue weighted by Crippen LogP contribution is 2.07. The van der Waals surface area contributed by atoms with E-state index in [0.29, 0.717) is 0 Å². The fourth-order valence-electron chi connectivity index (χ4n) is 0.797. The fraction of sp³-hybridized carbons (Fsp3) is 0.154. The molecule has 0 bridgehead atoms. The van der Waals surface area contributed by atoms with Crippen molar-refractivity contribution in [2.45, 2.75) is 13.8 Å². The molecule has 1 N–H and O–H groups in total. The summed E-state index contributed by atoms with van der Waals surface area (Å²) in [4.78, 5) is 0. The molecule has 0 saturated heterocycles. The van der Waals surface area contributed by atoms with Crippen LogP contribution in [0.3, 0.4) is 0 Å². The summed E-state index contributed by atoms with van der Waals surface area (Å²) in [5, 5.41) is 6.81. The van der Waals surface area contributed by atoms with Crippen molar-refractivity contribution in [2.75, 3.05) is 0 Å². The molecule has 0 rings (SSSR count). The van der Waals surface area contributed by atoms with Crippen LogP contribution in [0.1, 0.15) is 13.8 Å². The highest BCUT2D eigenvalue weighted by Gasteiger charge is 1.87. The second kappa shape index (κ2) is 7.99. The lowest BCUT2D eigenvalue weighted by molar-refractivity contribution is 1.35. The molecule has 0 aromatic rings. The molecule has 0 saturated carbocycles. The van der Waals surface area contributed by atoms with E-state index in [-0.39, 0.29) is 0 Å². The number of rotatable bonds is 5. The molecule has 0 aliphatic rings. The number of allylic oxidation sites excluding steroid dienone is 9. The summed E-state index contributed by atoms with van der Waals surface area (Å²) >= 11 is 0. The summed E-state index contributed by atoms with van der Waals surface area (Å²) in [5.74, 6) is 0. The molecule has 0 amide bonds. The van der Waals surface area contributed by atoms with E-state index in [1.165, 1.54) is 17.4 Å². The Labute approximate surface area is 86.4 Å². The Morgan fingerprint density at radius 2 is 1.43 bits per heavy atom. The van der Waals surface area contributed by atoms with E-state index < -0.39 is 0 Å². The molecule has 0 fully saturated rings. The quantitative estimate of drug-likeness (QED) is 0.499. The third kappa shape index (κ3) is 5.95. The summed E-state index contributed by atoms with van der Waals surface area (Å²) < 4.78 is 0. The predicted molar refractivity (Wildman–Crippen MR) is 64.8 cm³/mol. The first-order valence-corrected chi connectivity index (χ1v) is 4.52. The van der Waals surface area contributed by atoms with Crippen LogP contribution in [0.5, 0.6) is 0 Å². The summed E-state index contributed by atoms with van der Waals surface area (Å²) in [6.45, 7) is 7.69. The van der Waals surface area contributed by atoms with Crippen molar-refractivity contribution < 1.29 is 0 Å². The van der Waals surface area contributed by atoms with Crippen molar-refractivity contribution in [3.63, 3.8) is 0 Å². The van der Waals surface area contributed by atoms with Gasteiger partial charge in [-0.3, -0.25) is 0 Å². The minimum absolute atomic E-state index is 1.19. The van der Waals surface area contributed by atoms with Gasteiger partial charge in [-0.15, -0.1) is 0 Å². The average molecular weight is 187 g/mol. The van der Waals surface area contributed by atoms with Crippen LogP contribution in [0.15, 0.2) is 60.3 Å². The maximum atomic E-state index is 6.81. The first-order valence-electron chi connectivity index (χ1n) is 4.52. The van der Waals surface area contributed by atoms with Crippen LogP contribution in [0.4, 0.5) is 0 Å². The van der Waals surface area contributed by atoms with Crippen LogP contribution in [0.25, 0.3) is 0 Å². The standard InChI is InChI=1S/C13H17N/c1-4-5-6-9-12(2)13(3)10-7-8-11-14/h4-11,14H,1H2,2-3H3/b6-5-,8-7-,12-9+,13-10+,14-11?. The Bertz CT molecular complexity index is 269. The molecule has 1 nitrogen and oxygen atoms in total. The Morgan fingerprint density at radius 3 is 1.86 bits per heavy atom. The fourth-order valence-corrected chi connectivity index (χ4v) is 0.797. The van der Waals surface area contributed by atoms with E-state index in [0.717, 1.165) is 0 Å². The highest BCUT2D eigenvalue weighted by atomic mass is 14.3. The van der Waals surface area contributed by atoms with E-state index in [2.05, 4.69) is 13.5 Å². The van der Waals surface area contributed by atoms with Crippen LogP contribution in [0.2, 0.25) is 0 Å². The molecule has 0 aliphatic carbocycles. The van der Waals surface area contributed by atoms with E-state index in [9.17, 15) is 0 Å². The molecule has 1 heteroatoms. The van der Waals surface area contributed by atoms with Crippen LogP contribution in [0, 0.1) is 5.41 Å². The molecular formula is C13H17N. The molecule has 74 valence electrons. The summed E-state index contributed by atoms with van der Waals surface area (Å²) in [7, 11) is 0. The second-order valence-corrected chi connectivity index (χ2v) is 2.87. The van der Waals surface area contributed by atoms with E-state index in [1.807, 2.05) is 37.3 Å². The summed E-state index contributed by atoms with van der Waals surface area (Å²) in [6, 6.07) is 0. The number of nitrogens with one attached hydrogen (secondary N) is 1. The predicted octanol–water partition coefficient (Wildman–Crippen LogP) is 3.83. The van der Waals surface area contributed by atoms with Crippen LogP contribution < -0.4 is 0 Å². The van der Waals surface area contributed by atoms with Gasteiger partial charge in [-0.1, -0.05) is 43.0 Å². The molecule has 0 aromatic heterocycles. The molecule has 0 aromatic carbocycles. The molecule has 0 spiro atoms. The Morgan fingerprint density at radius 1 is 0.929 bits per heavy atom. The second-order valence-electron chi connectivity index (χ2n) is 2.87.